The molecule has 7 heteroatoms. The molecule has 4 heterocycles. The van der Waals surface area contributed by atoms with Crippen molar-refractivity contribution < 1.29 is 8.42 Å². The van der Waals surface area contributed by atoms with Crippen LogP contribution in [-0.4, -0.2) is 37.3 Å². The van der Waals surface area contributed by atoms with Crippen LogP contribution < -0.4 is 4.90 Å². The minimum Gasteiger partial charge on any atom is -0.352 e. The predicted molar refractivity (Wildman–Crippen MR) is 91.3 cm³/mol. The fourth-order valence-corrected chi connectivity index (χ4v) is 5.59. The third kappa shape index (κ3) is 2.77. The van der Waals surface area contributed by atoms with Crippen LogP contribution >= 0.6 is 11.3 Å². The molecule has 0 N–H and O–H groups in total. The Bertz CT molecular complexity index is 793. The highest BCUT2D eigenvalue weighted by Gasteiger charge is 2.27. The van der Waals surface area contributed by atoms with Crippen LogP contribution in [-0.2, 0) is 23.0 Å². The largest absolute Gasteiger partial charge is 0.352 e. The van der Waals surface area contributed by atoms with Gasteiger partial charge in [-0.2, -0.15) is 4.31 Å². The van der Waals surface area contributed by atoms with E-state index in [4.69, 9.17) is 0 Å². The van der Waals surface area contributed by atoms with Gasteiger partial charge in [0.05, 0.1) is 0 Å². The lowest BCUT2D eigenvalue weighted by Gasteiger charge is -2.28. The van der Waals surface area contributed by atoms with Crippen molar-refractivity contribution in [1.29, 1.82) is 0 Å². The molecule has 122 valence electrons. The van der Waals surface area contributed by atoms with Crippen molar-refractivity contribution in [1.82, 2.24) is 9.29 Å². The predicted octanol–water partition coefficient (Wildman–Crippen LogP) is 2.49. The fourth-order valence-electron chi connectivity index (χ4n) is 3.23. The first-order chi connectivity index (χ1) is 11.1. The van der Waals surface area contributed by atoms with Gasteiger partial charge in [0, 0.05) is 37.3 Å². The lowest BCUT2D eigenvalue weighted by atomic mass is 10.1. The molecule has 23 heavy (non-hydrogen) atoms. The summed E-state index contributed by atoms with van der Waals surface area (Å²) in [6.07, 6.45) is 4.43. The smallest absolute Gasteiger partial charge is 0.244 e. The summed E-state index contributed by atoms with van der Waals surface area (Å²) in [5, 5.41) is 2.13. The molecule has 0 aromatic carbocycles. The number of sulfonamides is 1. The Kier molecular flexibility index (Phi) is 3.87. The molecule has 1 saturated heterocycles. The molecule has 2 aromatic rings. The SMILES string of the molecule is O=S(=O)(c1ccc(N2CCc3sccc3C2)nc1)N1CCCC1. The Morgan fingerprint density at radius 1 is 1.09 bits per heavy atom. The fraction of sp³-hybridized carbons (Fsp3) is 0.438. The van der Waals surface area contributed by atoms with Crippen LogP contribution in [0, 0.1) is 0 Å². The number of aromatic nitrogens is 1. The average Bonchev–Trinajstić information content (AvgIpc) is 3.26. The van der Waals surface area contributed by atoms with E-state index in [0.29, 0.717) is 18.0 Å². The van der Waals surface area contributed by atoms with Gasteiger partial charge in [-0.1, -0.05) is 0 Å². The minimum atomic E-state index is -3.37. The molecule has 0 spiro atoms. The summed E-state index contributed by atoms with van der Waals surface area (Å²) in [6, 6.07) is 5.69. The van der Waals surface area contributed by atoms with Crippen LogP contribution in [0.2, 0.25) is 0 Å². The lowest BCUT2D eigenvalue weighted by Crippen LogP contribution is -2.30. The number of hydrogen-bond acceptors (Lipinski definition) is 5. The highest BCUT2D eigenvalue weighted by atomic mass is 32.2. The normalized spacial score (nSPS) is 19.0. The number of nitrogens with zero attached hydrogens (tertiary/aromatic N) is 3. The summed E-state index contributed by atoms with van der Waals surface area (Å²) in [5.74, 6) is 0.849. The molecule has 1 fully saturated rings. The van der Waals surface area contributed by atoms with E-state index in [1.807, 2.05) is 17.4 Å². The van der Waals surface area contributed by atoms with E-state index in [1.54, 1.807) is 10.4 Å². The Labute approximate surface area is 140 Å². The van der Waals surface area contributed by atoms with Crippen molar-refractivity contribution in [3.05, 3.63) is 40.2 Å². The van der Waals surface area contributed by atoms with Gasteiger partial charge in [0.15, 0.2) is 0 Å². The third-order valence-corrected chi connectivity index (χ3v) is 7.46. The summed E-state index contributed by atoms with van der Waals surface area (Å²) < 4.78 is 26.6. The summed E-state index contributed by atoms with van der Waals surface area (Å²) in [5.41, 5.74) is 1.36. The maximum Gasteiger partial charge on any atom is 0.244 e. The number of thiophene rings is 1. The van der Waals surface area contributed by atoms with Crippen molar-refractivity contribution in [2.24, 2.45) is 0 Å². The van der Waals surface area contributed by atoms with Gasteiger partial charge in [0.1, 0.15) is 10.7 Å². The molecule has 0 bridgehead atoms. The van der Waals surface area contributed by atoms with Crippen LogP contribution in [0.5, 0.6) is 0 Å². The zero-order chi connectivity index (χ0) is 15.9. The number of hydrogen-bond donors (Lipinski definition) is 0. The van der Waals surface area contributed by atoms with Crippen LogP contribution in [0.3, 0.4) is 0 Å². The Morgan fingerprint density at radius 2 is 1.91 bits per heavy atom. The van der Waals surface area contributed by atoms with Crippen molar-refractivity contribution in [2.45, 2.75) is 30.7 Å². The Morgan fingerprint density at radius 3 is 2.65 bits per heavy atom. The summed E-state index contributed by atoms with van der Waals surface area (Å²) in [6.45, 7) is 3.02. The van der Waals surface area contributed by atoms with E-state index in [9.17, 15) is 8.42 Å². The van der Waals surface area contributed by atoms with Crippen molar-refractivity contribution in [3.8, 4) is 0 Å². The molecule has 0 atom stereocenters. The molecule has 0 amide bonds. The maximum atomic E-state index is 12.5. The van der Waals surface area contributed by atoms with Crippen molar-refractivity contribution in [3.63, 3.8) is 0 Å². The highest BCUT2D eigenvalue weighted by molar-refractivity contribution is 7.89. The van der Waals surface area contributed by atoms with Gasteiger partial charge in [-0.15, -0.1) is 11.3 Å². The zero-order valence-electron chi connectivity index (χ0n) is 12.8. The van der Waals surface area contributed by atoms with Gasteiger partial charge in [0.2, 0.25) is 10.0 Å². The third-order valence-electron chi connectivity index (χ3n) is 4.56. The van der Waals surface area contributed by atoms with E-state index in [0.717, 1.165) is 38.2 Å². The lowest BCUT2D eigenvalue weighted by molar-refractivity contribution is 0.477. The number of anilines is 1. The van der Waals surface area contributed by atoms with E-state index < -0.39 is 10.0 Å². The van der Waals surface area contributed by atoms with Gasteiger partial charge in [0.25, 0.3) is 0 Å². The molecule has 2 aliphatic heterocycles. The standard InChI is InChI=1S/C16H19N3O2S2/c20-23(21,19-7-1-2-8-19)14-3-4-16(17-11-14)18-9-5-15-13(12-18)6-10-22-15/h3-4,6,10-11H,1-2,5,7-9,12H2. The topological polar surface area (TPSA) is 53.5 Å². The first kappa shape index (κ1) is 15.1. The van der Waals surface area contributed by atoms with Gasteiger partial charge in [-0.05, 0) is 48.4 Å². The molecule has 0 saturated carbocycles. The number of fused-ring (bicyclic) bond motifs is 1. The second kappa shape index (κ2) is 5.89. The van der Waals surface area contributed by atoms with Crippen LogP contribution in [0.25, 0.3) is 0 Å². The van der Waals surface area contributed by atoms with Crippen molar-refractivity contribution in [2.75, 3.05) is 24.5 Å². The minimum absolute atomic E-state index is 0.302. The molecule has 0 unspecified atom stereocenters. The monoisotopic (exact) mass is 349 g/mol. The van der Waals surface area contributed by atoms with Gasteiger partial charge in [-0.3, -0.25) is 0 Å². The molecule has 5 nitrogen and oxygen atoms in total. The van der Waals surface area contributed by atoms with Crippen LogP contribution in [0.15, 0.2) is 34.7 Å². The van der Waals surface area contributed by atoms with E-state index in [-0.39, 0.29) is 0 Å². The first-order valence-electron chi connectivity index (χ1n) is 7.91. The van der Waals surface area contributed by atoms with E-state index in [2.05, 4.69) is 21.3 Å². The average molecular weight is 349 g/mol. The molecule has 4 rings (SSSR count). The van der Waals surface area contributed by atoms with Gasteiger partial charge >= 0.3 is 0 Å². The first-order valence-corrected chi connectivity index (χ1v) is 10.2. The van der Waals surface area contributed by atoms with Gasteiger partial charge in [-0.25, -0.2) is 13.4 Å². The molecular weight excluding hydrogens is 330 g/mol. The molecule has 2 aliphatic rings. The molecular formula is C16H19N3O2S2. The molecule has 0 aliphatic carbocycles. The summed E-state index contributed by atoms with van der Waals surface area (Å²) in [7, 11) is -3.37. The molecule has 0 radical (unpaired) electrons. The second-order valence-corrected chi connectivity index (χ2v) is 8.94. The summed E-state index contributed by atoms with van der Waals surface area (Å²) >= 11 is 1.81. The van der Waals surface area contributed by atoms with Crippen molar-refractivity contribution >= 4 is 27.2 Å². The van der Waals surface area contributed by atoms with Crippen LogP contribution in [0.4, 0.5) is 5.82 Å². The quantitative estimate of drug-likeness (QED) is 0.854. The number of rotatable bonds is 3. The highest BCUT2D eigenvalue weighted by Crippen LogP contribution is 2.28. The van der Waals surface area contributed by atoms with E-state index >= 15 is 0 Å². The maximum absolute atomic E-state index is 12.5. The molecule has 2 aromatic heterocycles. The summed E-state index contributed by atoms with van der Waals surface area (Å²) in [4.78, 5) is 8.39. The van der Waals surface area contributed by atoms with Crippen LogP contribution in [0.1, 0.15) is 23.3 Å². The Hall–Kier alpha value is -1.44. The van der Waals surface area contributed by atoms with E-state index in [1.165, 1.54) is 16.6 Å². The Balaban J connectivity index is 1.55. The second-order valence-electron chi connectivity index (χ2n) is 6.00. The zero-order valence-corrected chi connectivity index (χ0v) is 14.4. The number of pyridine rings is 1. The van der Waals surface area contributed by atoms with Gasteiger partial charge < -0.3 is 4.90 Å².